The van der Waals surface area contributed by atoms with Gasteiger partial charge in [0.2, 0.25) is 0 Å². The van der Waals surface area contributed by atoms with Gasteiger partial charge in [0, 0.05) is 29.8 Å². The van der Waals surface area contributed by atoms with E-state index >= 15 is 0 Å². The summed E-state index contributed by atoms with van der Waals surface area (Å²) in [4.78, 5) is 13.3. The molecule has 2 unspecified atom stereocenters. The average Bonchev–Trinajstić information content (AvgIpc) is 3.40. The minimum atomic E-state index is -0.141. The third kappa shape index (κ3) is 2.58. The molecule has 0 N–H and O–H groups in total. The van der Waals surface area contributed by atoms with Crippen LogP contribution in [0.25, 0.3) is 17.4 Å². The zero-order valence-electron chi connectivity index (χ0n) is 15.7. The van der Waals surface area contributed by atoms with E-state index in [0.29, 0.717) is 17.5 Å². The first-order valence-corrected chi connectivity index (χ1v) is 9.45. The van der Waals surface area contributed by atoms with Crippen LogP contribution in [-0.4, -0.2) is 36.0 Å². The fourth-order valence-electron chi connectivity index (χ4n) is 3.78. The van der Waals surface area contributed by atoms with Crippen molar-refractivity contribution < 1.29 is 9.26 Å². The molecule has 0 aromatic carbocycles. The van der Waals surface area contributed by atoms with Crippen LogP contribution in [0.2, 0.25) is 0 Å². The van der Waals surface area contributed by atoms with E-state index in [9.17, 15) is 0 Å². The van der Waals surface area contributed by atoms with Gasteiger partial charge in [-0.15, -0.1) is 0 Å². The SMILES string of the molecule is CCC(C)(C)c1noc(-c2nn(-c3cnccn3)c3c2CC2CCC3O2)n1. The number of hydrogen-bond donors (Lipinski definition) is 0. The molecule has 0 amide bonds. The van der Waals surface area contributed by atoms with Gasteiger partial charge >= 0.3 is 0 Å². The summed E-state index contributed by atoms with van der Waals surface area (Å²) in [6.07, 6.45) is 9.05. The van der Waals surface area contributed by atoms with E-state index in [2.05, 4.69) is 40.9 Å². The van der Waals surface area contributed by atoms with Crippen molar-refractivity contribution >= 4 is 0 Å². The molecule has 3 aromatic rings. The van der Waals surface area contributed by atoms with E-state index in [1.165, 1.54) is 0 Å². The number of aromatic nitrogens is 6. The van der Waals surface area contributed by atoms with Crippen LogP contribution in [0.5, 0.6) is 0 Å². The molecule has 2 aliphatic heterocycles. The number of fused-ring (bicyclic) bond motifs is 4. The van der Waals surface area contributed by atoms with Gasteiger partial charge in [-0.3, -0.25) is 4.98 Å². The fraction of sp³-hybridized carbons (Fsp3) is 0.526. The Morgan fingerprint density at radius 1 is 1.26 bits per heavy atom. The van der Waals surface area contributed by atoms with Crippen molar-refractivity contribution in [3.05, 3.63) is 35.7 Å². The van der Waals surface area contributed by atoms with Crippen LogP contribution >= 0.6 is 0 Å². The Morgan fingerprint density at radius 3 is 2.93 bits per heavy atom. The van der Waals surface area contributed by atoms with Crippen LogP contribution in [0.4, 0.5) is 0 Å². The van der Waals surface area contributed by atoms with Gasteiger partial charge in [-0.25, -0.2) is 9.67 Å². The average molecular weight is 366 g/mol. The molecule has 2 atom stereocenters. The molecule has 0 spiro atoms. The van der Waals surface area contributed by atoms with Gasteiger partial charge in [0.25, 0.3) is 5.89 Å². The maximum absolute atomic E-state index is 6.14. The van der Waals surface area contributed by atoms with Crippen LogP contribution < -0.4 is 0 Å². The highest BCUT2D eigenvalue weighted by molar-refractivity contribution is 5.57. The van der Waals surface area contributed by atoms with E-state index < -0.39 is 0 Å². The van der Waals surface area contributed by atoms with Gasteiger partial charge < -0.3 is 9.26 Å². The second kappa shape index (κ2) is 5.95. The molecule has 8 heteroatoms. The molecule has 2 aliphatic rings. The zero-order valence-corrected chi connectivity index (χ0v) is 15.7. The second-order valence-electron chi connectivity index (χ2n) is 7.88. The van der Waals surface area contributed by atoms with Crippen molar-refractivity contribution in [3.63, 3.8) is 0 Å². The Balaban J connectivity index is 1.66. The zero-order chi connectivity index (χ0) is 18.6. The highest BCUT2D eigenvalue weighted by Gasteiger charge is 2.40. The Kier molecular flexibility index (Phi) is 3.65. The standard InChI is InChI=1S/C19H22N6O2/c1-4-19(2,3)18-22-17(27-24-18)15-12-9-11-5-6-13(26-11)16(12)25(23-15)14-10-20-7-8-21-14/h7-8,10-11,13H,4-6,9H2,1-3H3. The number of ether oxygens (including phenoxy) is 1. The smallest absolute Gasteiger partial charge is 0.278 e. The van der Waals surface area contributed by atoms with Gasteiger partial charge in [0.15, 0.2) is 17.3 Å². The summed E-state index contributed by atoms with van der Waals surface area (Å²) >= 11 is 0. The highest BCUT2D eigenvalue weighted by atomic mass is 16.5. The number of rotatable bonds is 4. The molecule has 2 bridgehead atoms. The Hall–Kier alpha value is -2.61. The fourth-order valence-corrected chi connectivity index (χ4v) is 3.78. The number of nitrogens with zero attached hydrogens (tertiary/aromatic N) is 6. The molecular formula is C19H22N6O2. The maximum atomic E-state index is 6.14. The summed E-state index contributed by atoms with van der Waals surface area (Å²) < 4.78 is 13.6. The first kappa shape index (κ1) is 16.6. The predicted octanol–water partition coefficient (Wildman–Crippen LogP) is 3.18. The molecular weight excluding hydrogens is 344 g/mol. The van der Waals surface area contributed by atoms with E-state index in [1.54, 1.807) is 18.6 Å². The lowest BCUT2D eigenvalue weighted by Crippen LogP contribution is -2.19. The summed E-state index contributed by atoms with van der Waals surface area (Å²) in [5.74, 6) is 1.84. The van der Waals surface area contributed by atoms with Crippen molar-refractivity contribution in [1.82, 2.24) is 29.9 Å². The van der Waals surface area contributed by atoms with Gasteiger partial charge in [-0.2, -0.15) is 10.1 Å². The molecule has 5 heterocycles. The monoisotopic (exact) mass is 366 g/mol. The molecule has 1 saturated heterocycles. The normalized spacial score (nSPS) is 21.4. The van der Waals surface area contributed by atoms with E-state index in [0.717, 1.165) is 42.6 Å². The van der Waals surface area contributed by atoms with E-state index in [-0.39, 0.29) is 17.6 Å². The van der Waals surface area contributed by atoms with Crippen LogP contribution in [0.15, 0.2) is 23.1 Å². The van der Waals surface area contributed by atoms with Crippen molar-refractivity contribution in [2.75, 3.05) is 0 Å². The molecule has 0 saturated carbocycles. The van der Waals surface area contributed by atoms with Crippen LogP contribution in [-0.2, 0) is 16.6 Å². The van der Waals surface area contributed by atoms with Crippen molar-refractivity contribution in [1.29, 1.82) is 0 Å². The lowest BCUT2D eigenvalue weighted by Gasteiger charge is -2.22. The Labute approximate surface area is 157 Å². The first-order chi connectivity index (χ1) is 13.1. The van der Waals surface area contributed by atoms with Gasteiger partial charge in [-0.1, -0.05) is 25.9 Å². The summed E-state index contributed by atoms with van der Waals surface area (Å²) in [7, 11) is 0. The molecule has 0 radical (unpaired) electrons. The lowest BCUT2D eigenvalue weighted by atomic mass is 9.89. The van der Waals surface area contributed by atoms with Gasteiger partial charge in [0.1, 0.15) is 6.10 Å². The molecule has 140 valence electrons. The Morgan fingerprint density at radius 2 is 2.15 bits per heavy atom. The first-order valence-electron chi connectivity index (χ1n) is 9.45. The number of hydrogen-bond acceptors (Lipinski definition) is 7. The third-order valence-corrected chi connectivity index (χ3v) is 5.75. The predicted molar refractivity (Wildman–Crippen MR) is 96.3 cm³/mol. The van der Waals surface area contributed by atoms with Gasteiger partial charge in [0.05, 0.1) is 18.0 Å². The maximum Gasteiger partial charge on any atom is 0.278 e. The summed E-state index contributed by atoms with van der Waals surface area (Å²) in [5, 5.41) is 9.04. The van der Waals surface area contributed by atoms with Crippen molar-refractivity contribution in [3.8, 4) is 17.4 Å². The highest BCUT2D eigenvalue weighted by Crippen LogP contribution is 2.44. The second-order valence-corrected chi connectivity index (χ2v) is 7.88. The van der Waals surface area contributed by atoms with E-state index in [4.69, 9.17) is 14.4 Å². The van der Waals surface area contributed by atoms with Crippen molar-refractivity contribution in [2.45, 2.75) is 64.1 Å². The minimum Gasteiger partial charge on any atom is -0.368 e. The summed E-state index contributed by atoms with van der Waals surface area (Å²) in [6.45, 7) is 6.35. The topological polar surface area (TPSA) is 91.8 Å². The minimum absolute atomic E-state index is 0.0245. The van der Waals surface area contributed by atoms with E-state index in [1.807, 2.05) is 4.68 Å². The molecule has 8 nitrogen and oxygen atoms in total. The molecule has 3 aromatic heterocycles. The van der Waals surface area contributed by atoms with Crippen LogP contribution in [0.1, 0.15) is 63.2 Å². The summed E-state index contributed by atoms with van der Waals surface area (Å²) in [5.41, 5.74) is 2.76. The lowest BCUT2D eigenvalue weighted by molar-refractivity contribution is 0.0287. The van der Waals surface area contributed by atoms with Gasteiger partial charge in [-0.05, 0) is 19.3 Å². The molecule has 1 fully saturated rings. The third-order valence-electron chi connectivity index (χ3n) is 5.75. The molecule has 5 rings (SSSR count). The van der Waals surface area contributed by atoms with Crippen LogP contribution in [0, 0.1) is 0 Å². The largest absolute Gasteiger partial charge is 0.368 e. The summed E-state index contributed by atoms with van der Waals surface area (Å²) in [6, 6.07) is 0. The molecule has 27 heavy (non-hydrogen) atoms. The van der Waals surface area contributed by atoms with Crippen LogP contribution in [0.3, 0.4) is 0 Å². The Bertz CT molecular complexity index is 978. The van der Waals surface area contributed by atoms with Crippen molar-refractivity contribution in [2.24, 2.45) is 0 Å². The molecule has 0 aliphatic carbocycles. The quantitative estimate of drug-likeness (QED) is 0.700.